The molecule has 2 N–H and O–H groups in total. The minimum atomic E-state index is 0. The van der Waals surface area contributed by atoms with Gasteiger partial charge >= 0.3 is 23.1 Å². The summed E-state index contributed by atoms with van der Waals surface area (Å²) in [6.07, 6.45) is 0. The van der Waals surface area contributed by atoms with Gasteiger partial charge in [0.25, 0.3) is 0 Å². The van der Waals surface area contributed by atoms with Gasteiger partial charge in [0.15, 0.2) is 12.5 Å². The number of hydrogen-bond donors (Lipinski definition) is 0. The smallest absolute Gasteiger partial charge is 0.316 e. The second kappa shape index (κ2) is 50.7. The van der Waals surface area contributed by atoms with Gasteiger partial charge in [0.05, 0.1) is 0 Å². The normalized spacial score (nSPS) is 1.00. The molecule has 2 nitrogen and oxygen atoms in total. The summed E-state index contributed by atoms with van der Waals surface area (Å²) in [5, 5.41) is 0. The predicted octanol–water partition coefficient (Wildman–Crippen LogP) is -2.08. The Labute approximate surface area is 45.6 Å². The molecule has 4 heavy (non-hydrogen) atoms. The molecule has 0 atom stereocenters. The Hall–Kier alpha value is 0.746. The summed E-state index contributed by atoms with van der Waals surface area (Å²) in [7, 11) is 0. The van der Waals surface area contributed by atoms with E-state index in [-0.39, 0.29) is 28.5 Å². The molecule has 0 aromatic carbocycles. The first kappa shape index (κ1) is 21.8. The van der Waals surface area contributed by atoms with Crippen molar-refractivity contribution in [2.45, 2.75) is 0 Å². The van der Waals surface area contributed by atoms with E-state index in [1.807, 2.05) is 0 Å². The van der Waals surface area contributed by atoms with Gasteiger partial charge in [-0.2, -0.15) is 4.21 Å². The highest BCUT2D eigenvalue weighted by atomic mass is 32.1. The molecule has 4 heteroatoms. The third kappa shape index (κ3) is 15.0. The molecule has 0 aliphatic rings. The van der Waals surface area contributed by atoms with Crippen molar-refractivity contribution in [3.63, 3.8) is 0 Å². The lowest BCUT2D eigenvalue weighted by molar-refractivity contribution is 0.702. The first-order valence-corrected chi connectivity index (χ1v) is 0.500. The minimum Gasteiger partial charge on any atom is -0.412 e. The lowest BCUT2D eigenvalue weighted by Gasteiger charge is -0.734. The summed E-state index contributed by atoms with van der Waals surface area (Å²) in [6.45, 7) is 0. The molecule has 0 saturated heterocycles. The Morgan fingerprint density at radius 2 is 1.25 bits per heavy atom. The van der Waals surface area contributed by atoms with Gasteiger partial charge in [-0.3, -0.25) is 0 Å². The molecule has 0 amide bonds. The highest BCUT2D eigenvalue weighted by Crippen LogP contribution is 0.558. The zero-order valence-electron chi connectivity index (χ0n) is 1.32. The molecule has 0 aliphatic heterocycles. The third-order valence-corrected chi connectivity index (χ3v) is 0. The van der Waals surface area contributed by atoms with Gasteiger partial charge in [0, 0.05) is 0 Å². The van der Waals surface area contributed by atoms with E-state index >= 15 is 0 Å². The summed E-state index contributed by atoms with van der Waals surface area (Å²) < 4.78 is 7.83. The molecule has 0 aliphatic carbocycles. The van der Waals surface area contributed by atoms with Crippen molar-refractivity contribution in [3.8, 4) is 0 Å². The zero-order chi connectivity index (χ0) is 2.00. The van der Waals surface area contributed by atoms with Crippen molar-refractivity contribution in [3.05, 3.63) is 0 Å². The first-order valence-electron chi connectivity index (χ1n) is 0.167. The molecule has 0 unspecified atom stereocenters. The van der Waals surface area contributed by atoms with E-state index in [4.69, 9.17) is 4.21 Å². The van der Waals surface area contributed by atoms with Crippen LogP contribution in [0.1, 0.15) is 0 Å². The standard InChI is InChI=1S/Mg.OS.H2O.2H/c;1-2;;;/h;;1H2;;. The molecule has 0 heterocycles. The van der Waals surface area contributed by atoms with Gasteiger partial charge in [-0.15, -0.1) is 0 Å². The van der Waals surface area contributed by atoms with Crippen LogP contribution < -0.4 is 0 Å². The van der Waals surface area contributed by atoms with Crippen LogP contribution in [0.2, 0.25) is 0 Å². The topological polar surface area (TPSA) is 48.6 Å². The van der Waals surface area contributed by atoms with Crippen LogP contribution in [-0.2, 0) is 12.5 Å². The van der Waals surface area contributed by atoms with Gasteiger partial charge < -0.3 is 5.48 Å². The van der Waals surface area contributed by atoms with Gasteiger partial charge in [-0.25, -0.2) is 0 Å². The fourth-order valence-electron chi connectivity index (χ4n) is 0. The Balaban J connectivity index is -0.00000000500. The molecule has 24 valence electrons. The van der Waals surface area contributed by atoms with E-state index in [2.05, 4.69) is 12.5 Å². The third-order valence-electron chi connectivity index (χ3n) is 0. The van der Waals surface area contributed by atoms with Gasteiger partial charge in [-0.1, -0.05) is 0 Å². The summed E-state index contributed by atoms with van der Waals surface area (Å²) in [5.41, 5.74) is 0. The molecule has 0 saturated carbocycles. The fourth-order valence-corrected chi connectivity index (χ4v) is 0. The van der Waals surface area contributed by atoms with Crippen LogP contribution in [0, 0.1) is 0 Å². The van der Waals surface area contributed by atoms with E-state index in [1.165, 1.54) is 0 Å². The van der Waals surface area contributed by atoms with Crippen LogP contribution in [-0.4, -0.2) is 32.7 Å². The highest BCUT2D eigenvalue weighted by molar-refractivity contribution is 7.44. The van der Waals surface area contributed by atoms with Crippen LogP contribution >= 0.6 is 0 Å². The van der Waals surface area contributed by atoms with E-state index in [9.17, 15) is 0 Å². The van der Waals surface area contributed by atoms with Gasteiger partial charge in [0.2, 0.25) is 0 Å². The van der Waals surface area contributed by atoms with E-state index in [0.29, 0.717) is 0 Å². The molecule has 0 fully saturated rings. The summed E-state index contributed by atoms with van der Waals surface area (Å²) in [4.78, 5) is 0. The molecule has 0 bridgehead atoms. The largest absolute Gasteiger partial charge is 0.412 e. The van der Waals surface area contributed by atoms with Gasteiger partial charge in [-0.05, 0) is 0 Å². The molecule has 0 spiro atoms. The summed E-state index contributed by atoms with van der Waals surface area (Å²) >= 11 is 2.83. The monoisotopic (exact) mass is 92.0 g/mol. The maximum Gasteiger partial charge on any atom is 0.316 e. The maximum atomic E-state index is 7.83. The van der Waals surface area contributed by atoms with Crippen LogP contribution in [0.3, 0.4) is 0 Å². The van der Waals surface area contributed by atoms with E-state index in [0.717, 1.165) is 0 Å². The van der Waals surface area contributed by atoms with Crippen molar-refractivity contribution in [2.75, 3.05) is 0 Å². The maximum absolute atomic E-state index is 7.83. The van der Waals surface area contributed by atoms with E-state index < -0.39 is 0 Å². The van der Waals surface area contributed by atoms with Crippen LogP contribution in [0.5, 0.6) is 0 Å². The lowest BCUT2D eigenvalue weighted by Crippen LogP contribution is -0.894. The van der Waals surface area contributed by atoms with E-state index in [1.54, 1.807) is 0 Å². The fraction of sp³-hybridized carbons (Fsp3) is 0. The minimum absolute atomic E-state index is 0. The van der Waals surface area contributed by atoms with Crippen molar-refractivity contribution < 1.29 is 9.69 Å². The molecule has 0 radical (unpaired) electrons. The molecule has 0 rings (SSSR count). The Kier molecular flexibility index (Phi) is 277. The second-order valence-corrected chi connectivity index (χ2v) is 0. The highest BCUT2D eigenvalue weighted by Gasteiger charge is 0.734. The van der Waals surface area contributed by atoms with Crippen LogP contribution in [0.4, 0.5) is 0 Å². The Bertz CT molecular complexity index is 6.00. The quantitative estimate of drug-likeness (QED) is 0.322. The van der Waals surface area contributed by atoms with Crippen molar-refractivity contribution in [1.82, 2.24) is 0 Å². The first-order chi connectivity index (χ1) is 1.00. The predicted molar refractivity (Wildman–Crippen MR) is 20.3 cm³/mol. The zero-order valence-corrected chi connectivity index (χ0v) is 2.13. The van der Waals surface area contributed by atoms with Crippen molar-refractivity contribution in [1.29, 1.82) is 0 Å². The SMILES string of the molecule is O.O=S.[MgH2]. The number of hydrogen-bond acceptors (Lipinski definition) is 2. The molecular weight excluding hydrogens is 88.4 g/mol. The van der Waals surface area contributed by atoms with Crippen LogP contribution in [0.15, 0.2) is 0 Å². The average molecular weight is 92.4 g/mol. The molecular formula is H4MgO2S. The Morgan fingerprint density at radius 1 is 1.25 bits per heavy atom. The van der Waals surface area contributed by atoms with Crippen molar-refractivity contribution in [2.24, 2.45) is 0 Å². The molecule has 0 aromatic heterocycles. The summed E-state index contributed by atoms with van der Waals surface area (Å²) in [6, 6.07) is 0. The van der Waals surface area contributed by atoms with Crippen molar-refractivity contribution >= 4 is 35.6 Å². The molecule has 0 aromatic rings. The van der Waals surface area contributed by atoms with Crippen LogP contribution in [0.25, 0.3) is 0 Å². The second-order valence-electron chi connectivity index (χ2n) is 0. The summed E-state index contributed by atoms with van der Waals surface area (Å²) in [5.74, 6) is 0. The average Bonchev–Trinajstić information content (AvgIpc) is 1.00. The Morgan fingerprint density at radius 3 is 1.25 bits per heavy atom. The lowest BCUT2D eigenvalue weighted by atomic mass is 16.0. The van der Waals surface area contributed by atoms with Gasteiger partial charge in [0.1, 0.15) is 0 Å². The number of rotatable bonds is 0.